The summed E-state index contributed by atoms with van der Waals surface area (Å²) in [5, 5.41) is 21.5. The van der Waals surface area contributed by atoms with Crippen LogP contribution in [-0.2, 0) is 12.1 Å². The molecule has 1 aliphatic rings. The fraction of sp³-hybridized carbons (Fsp3) is 0.389. The number of carboxylic acid groups (broad SMARTS) is 1. The van der Waals surface area contributed by atoms with E-state index < -0.39 is 32.8 Å². The molecule has 0 aliphatic carbocycles. The maximum absolute atomic E-state index is 14.8. The number of rotatable bonds is 4. The molecule has 0 radical (unpaired) electrons. The number of hydrogen-bond donors (Lipinski definition) is 6. The van der Waals surface area contributed by atoms with Crippen LogP contribution in [0.25, 0.3) is 0 Å². The number of nitrogens with zero attached hydrogens (tertiary/aromatic N) is 2. The first-order valence-corrected chi connectivity index (χ1v) is 11.0. The summed E-state index contributed by atoms with van der Waals surface area (Å²) in [6, 6.07) is 4.26. The number of H-pyrrole nitrogens is 1. The van der Waals surface area contributed by atoms with Gasteiger partial charge in [0.1, 0.15) is 21.9 Å². The van der Waals surface area contributed by atoms with E-state index in [4.69, 9.17) is 16.7 Å². The summed E-state index contributed by atoms with van der Waals surface area (Å²) in [6.45, 7) is 4.78. The first-order chi connectivity index (χ1) is 13.9. The minimum absolute atomic E-state index is 0.0980. The first kappa shape index (κ1) is 22.3. The number of nitrogens with one attached hydrogen (secondary N) is 3. The van der Waals surface area contributed by atoms with E-state index in [-0.39, 0.29) is 23.7 Å². The van der Waals surface area contributed by atoms with Crippen LogP contribution < -0.4 is 10.6 Å². The molecule has 1 aromatic carbocycles. The van der Waals surface area contributed by atoms with E-state index in [2.05, 4.69) is 25.8 Å². The lowest BCUT2D eigenvalue weighted by Crippen LogP contribution is -2.55. The van der Waals surface area contributed by atoms with Crippen molar-refractivity contribution in [2.45, 2.75) is 37.6 Å². The summed E-state index contributed by atoms with van der Waals surface area (Å²) in [5.41, 5.74) is -0.192. The Kier molecular flexibility index (Phi) is 5.76. The van der Waals surface area contributed by atoms with Gasteiger partial charge in [0.25, 0.3) is 0 Å². The van der Waals surface area contributed by atoms with E-state index in [1.165, 1.54) is 45.2 Å². The SMILES string of the molecule is CC1(c2cc(NCc3n[nH]cc3Cl)ccc2F)CS(O)(O)C(C)(C)C(NC(=O)O)=N1. The average molecular weight is 460 g/mol. The predicted octanol–water partition coefficient (Wildman–Crippen LogP) is 4.24. The third-order valence-electron chi connectivity index (χ3n) is 5.13. The van der Waals surface area contributed by atoms with Gasteiger partial charge in [-0.15, -0.1) is 0 Å². The summed E-state index contributed by atoms with van der Waals surface area (Å²) < 4.78 is 35.0. The van der Waals surface area contributed by atoms with E-state index in [1.807, 2.05) is 0 Å². The molecule has 6 N–H and O–H groups in total. The van der Waals surface area contributed by atoms with Crippen molar-refractivity contribution in [1.29, 1.82) is 0 Å². The van der Waals surface area contributed by atoms with Crippen LogP contribution in [0.3, 0.4) is 0 Å². The van der Waals surface area contributed by atoms with Crippen LogP contribution in [0, 0.1) is 5.82 Å². The highest BCUT2D eigenvalue weighted by atomic mass is 35.5. The Morgan fingerprint density at radius 2 is 2.07 bits per heavy atom. The zero-order valence-electron chi connectivity index (χ0n) is 16.5. The number of amidine groups is 1. The molecule has 0 saturated carbocycles. The second kappa shape index (κ2) is 7.73. The molecule has 2 aromatic rings. The molecule has 0 fully saturated rings. The van der Waals surface area contributed by atoms with E-state index in [1.54, 1.807) is 0 Å². The highest BCUT2D eigenvalue weighted by Gasteiger charge is 2.50. The Morgan fingerprint density at radius 1 is 1.37 bits per heavy atom. The van der Waals surface area contributed by atoms with Gasteiger partial charge in [-0.25, -0.2) is 9.18 Å². The van der Waals surface area contributed by atoms with Crippen LogP contribution in [0.1, 0.15) is 32.0 Å². The Balaban J connectivity index is 2.00. The third-order valence-corrected chi connectivity index (χ3v) is 8.25. The van der Waals surface area contributed by atoms with Gasteiger partial charge in [-0.1, -0.05) is 11.6 Å². The average Bonchev–Trinajstić information content (AvgIpc) is 3.03. The predicted molar refractivity (Wildman–Crippen MR) is 115 cm³/mol. The zero-order chi connectivity index (χ0) is 22.3. The molecular formula is C18H23ClFN5O4S. The zero-order valence-corrected chi connectivity index (χ0v) is 18.1. The normalized spacial score (nSPS) is 23.4. The summed E-state index contributed by atoms with van der Waals surface area (Å²) in [4.78, 5) is 15.6. The number of halogens is 2. The smallest absolute Gasteiger partial charge is 0.410 e. The number of carbonyl (C=O) groups is 1. The number of aliphatic imine (C=N–C) groups is 1. The first-order valence-electron chi connectivity index (χ1n) is 8.93. The lowest BCUT2D eigenvalue weighted by Gasteiger charge is -2.53. The van der Waals surface area contributed by atoms with Crippen molar-refractivity contribution in [1.82, 2.24) is 15.5 Å². The maximum atomic E-state index is 14.8. The van der Waals surface area contributed by atoms with Gasteiger partial charge in [0.05, 0.1) is 23.0 Å². The number of aromatic nitrogens is 2. The van der Waals surface area contributed by atoms with Crippen LogP contribution >= 0.6 is 22.2 Å². The quantitative estimate of drug-likeness (QED) is 0.403. The maximum Gasteiger partial charge on any atom is 0.410 e. The van der Waals surface area contributed by atoms with Gasteiger partial charge in [0, 0.05) is 17.4 Å². The van der Waals surface area contributed by atoms with Crippen molar-refractivity contribution < 1.29 is 23.4 Å². The summed E-state index contributed by atoms with van der Waals surface area (Å²) >= 11 is 6.00. The molecule has 2 heterocycles. The molecular weight excluding hydrogens is 437 g/mol. The molecule has 0 spiro atoms. The number of hydrogen-bond acceptors (Lipinski definition) is 6. The van der Waals surface area contributed by atoms with Gasteiger partial charge < -0.3 is 10.4 Å². The third kappa shape index (κ3) is 4.10. The van der Waals surface area contributed by atoms with Gasteiger partial charge in [0.2, 0.25) is 0 Å². The summed E-state index contributed by atoms with van der Waals surface area (Å²) in [6.07, 6.45) is 0.142. The second-order valence-electron chi connectivity index (χ2n) is 7.71. The number of aromatic amines is 1. The van der Waals surface area contributed by atoms with E-state index in [0.717, 1.165) is 0 Å². The van der Waals surface area contributed by atoms with E-state index in [9.17, 15) is 18.3 Å². The molecule has 164 valence electrons. The van der Waals surface area contributed by atoms with Gasteiger partial charge in [-0.3, -0.25) is 24.5 Å². The van der Waals surface area contributed by atoms with Crippen LogP contribution in [0.2, 0.25) is 5.02 Å². The van der Waals surface area contributed by atoms with Gasteiger partial charge in [0.15, 0.2) is 0 Å². The monoisotopic (exact) mass is 459 g/mol. The van der Waals surface area contributed by atoms with Crippen LogP contribution in [-0.4, -0.2) is 46.8 Å². The minimum Gasteiger partial charge on any atom is -0.465 e. The molecule has 3 rings (SSSR count). The number of amides is 1. The fourth-order valence-electron chi connectivity index (χ4n) is 3.22. The highest BCUT2D eigenvalue weighted by Crippen LogP contribution is 2.59. The van der Waals surface area contributed by atoms with Crippen molar-refractivity contribution in [3.63, 3.8) is 0 Å². The van der Waals surface area contributed by atoms with Crippen molar-refractivity contribution >= 4 is 39.8 Å². The largest absolute Gasteiger partial charge is 0.465 e. The Bertz CT molecular complexity index is 1010. The van der Waals surface area contributed by atoms with E-state index in [0.29, 0.717) is 16.4 Å². The minimum atomic E-state index is -3.37. The molecule has 1 atom stereocenters. The van der Waals surface area contributed by atoms with E-state index >= 15 is 0 Å². The lowest BCUT2D eigenvalue weighted by molar-refractivity contribution is 0.199. The molecule has 1 amide bonds. The molecule has 12 heteroatoms. The molecule has 9 nitrogen and oxygen atoms in total. The highest BCUT2D eigenvalue weighted by molar-refractivity contribution is 8.26. The second-order valence-corrected chi connectivity index (χ2v) is 10.8. The van der Waals surface area contributed by atoms with Crippen LogP contribution in [0.4, 0.5) is 14.9 Å². The van der Waals surface area contributed by atoms with Crippen molar-refractivity contribution in [3.8, 4) is 0 Å². The van der Waals surface area contributed by atoms with Gasteiger partial charge in [-0.2, -0.15) is 15.7 Å². The standard InChI is InChI=1S/C18H23ClFN5O4S/c1-17(2)15(23-16(26)27)24-18(3,9-30(17,28)29)11-6-10(4-5-13(11)20)21-8-14-12(19)7-22-25-14/h4-7,21,28-29H,8-9H2,1-3H3,(H,22,25)(H,23,24)(H,26,27). The molecule has 1 aliphatic heterocycles. The van der Waals surface area contributed by atoms with Crippen LogP contribution in [0.15, 0.2) is 29.4 Å². The van der Waals surface area contributed by atoms with Crippen molar-refractivity contribution in [3.05, 3.63) is 46.5 Å². The summed E-state index contributed by atoms with van der Waals surface area (Å²) in [7, 11) is -3.37. The van der Waals surface area contributed by atoms with Crippen LogP contribution in [0.5, 0.6) is 0 Å². The Morgan fingerprint density at radius 3 is 2.67 bits per heavy atom. The molecule has 30 heavy (non-hydrogen) atoms. The molecule has 1 aromatic heterocycles. The van der Waals surface area contributed by atoms with Gasteiger partial charge in [-0.05, 0) is 39.0 Å². The van der Waals surface area contributed by atoms with Crippen molar-refractivity contribution in [2.24, 2.45) is 4.99 Å². The molecule has 0 saturated heterocycles. The van der Waals surface area contributed by atoms with Crippen molar-refractivity contribution in [2.75, 3.05) is 11.1 Å². The van der Waals surface area contributed by atoms with Gasteiger partial charge >= 0.3 is 6.09 Å². The number of benzene rings is 1. The fourth-order valence-corrected chi connectivity index (χ4v) is 5.15. The Labute approximate surface area is 179 Å². The number of anilines is 1. The molecule has 0 bridgehead atoms. The topological polar surface area (TPSA) is 143 Å². The lowest BCUT2D eigenvalue weighted by atomic mass is 9.92. The Hall–Kier alpha value is -2.34. The molecule has 1 unspecified atom stereocenters. The summed E-state index contributed by atoms with van der Waals surface area (Å²) in [5.74, 6) is -0.998.